The first-order valence-corrected chi connectivity index (χ1v) is 10.8. The van der Waals surface area contributed by atoms with Gasteiger partial charge in [-0.1, -0.05) is 57.0 Å². The van der Waals surface area contributed by atoms with Crippen molar-refractivity contribution in [3.8, 4) is 16.9 Å². The Balaban J connectivity index is 2.09. The van der Waals surface area contributed by atoms with Crippen molar-refractivity contribution in [1.82, 2.24) is 0 Å². The van der Waals surface area contributed by atoms with Crippen LogP contribution in [-0.4, -0.2) is 37.2 Å². The van der Waals surface area contributed by atoms with E-state index in [4.69, 9.17) is 4.74 Å². The van der Waals surface area contributed by atoms with Crippen molar-refractivity contribution in [2.45, 2.75) is 50.6 Å². The van der Waals surface area contributed by atoms with E-state index in [0.717, 1.165) is 31.2 Å². The van der Waals surface area contributed by atoms with Crippen LogP contribution in [0.25, 0.3) is 17.2 Å². The zero-order valence-corrected chi connectivity index (χ0v) is 18.9. The number of carbonyl (C=O) groups is 1. The van der Waals surface area contributed by atoms with Crippen LogP contribution in [0.3, 0.4) is 0 Å². The molecule has 2 aromatic carbocycles. The molecule has 0 aromatic heterocycles. The molecule has 3 nitrogen and oxygen atoms in total. The molecule has 0 aliphatic carbocycles. The number of unbranched alkanes of at least 4 members (excludes halogenated alkanes) is 3. The summed E-state index contributed by atoms with van der Waals surface area (Å²) in [5.74, 6) is -12.8. The molecule has 0 fully saturated rings. The molecule has 0 saturated carbocycles. The Morgan fingerprint density at radius 2 is 1.60 bits per heavy atom. The Bertz CT molecular complexity index is 999. The van der Waals surface area contributed by atoms with Crippen LogP contribution in [-0.2, 0) is 4.74 Å². The summed E-state index contributed by atoms with van der Waals surface area (Å²) in [6.45, 7) is 3.88. The van der Waals surface area contributed by atoms with E-state index < -0.39 is 30.6 Å². The van der Waals surface area contributed by atoms with Crippen molar-refractivity contribution in [2.24, 2.45) is 0 Å². The molecule has 0 spiro atoms. The van der Waals surface area contributed by atoms with Crippen molar-refractivity contribution < 1.29 is 45.0 Å². The minimum atomic E-state index is -6.50. The average Bonchev–Trinajstić information content (AvgIpc) is 2.81. The van der Waals surface area contributed by atoms with Gasteiger partial charge in [-0.05, 0) is 47.4 Å². The predicted molar refractivity (Wildman–Crippen MR) is 118 cm³/mol. The van der Waals surface area contributed by atoms with Gasteiger partial charge in [-0.15, -0.1) is 0 Å². The molecule has 0 bridgehead atoms. The topological polar surface area (TPSA) is 35.5 Å². The number of halogens is 7. The van der Waals surface area contributed by atoms with E-state index in [1.54, 1.807) is 24.3 Å². The largest absolute Gasteiger partial charge is 0.494 e. The number of rotatable bonds is 12. The molecule has 0 unspecified atom stereocenters. The van der Waals surface area contributed by atoms with Crippen molar-refractivity contribution in [3.05, 3.63) is 60.2 Å². The van der Waals surface area contributed by atoms with E-state index in [1.807, 2.05) is 0 Å². The number of hydrogen-bond acceptors (Lipinski definition) is 3. The van der Waals surface area contributed by atoms with Gasteiger partial charge in [0.1, 0.15) is 5.75 Å². The Morgan fingerprint density at radius 3 is 2.17 bits per heavy atom. The molecular weight excluding hydrogens is 481 g/mol. The lowest BCUT2D eigenvalue weighted by atomic mass is 9.97. The first kappa shape index (κ1) is 28.2. The van der Waals surface area contributed by atoms with E-state index in [0.29, 0.717) is 23.5 Å². The summed E-state index contributed by atoms with van der Waals surface area (Å²) in [5, 5.41) is 0. The highest BCUT2D eigenvalue weighted by Gasteiger charge is 2.73. The van der Waals surface area contributed by atoms with Gasteiger partial charge >= 0.3 is 24.0 Å². The van der Waals surface area contributed by atoms with Crippen LogP contribution in [0, 0.1) is 0 Å². The van der Waals surface area contributed by atoms with E-state index in [1.165, 1.54) is 24.3 Å². The fourth-order valence-corrected chi connectivity index (χ4v) is 3.11. The number of esters is 1. The maximum Gasteiger partial charge on any atom is 0.460 e. The first-order chi connectivity index (χ1) is 16.3. The van der Waals surface area contributed by atoms with Gasteiger partial charge in [0, 0.05) is 0 Å². The number of ether oxygens (including phenoxy) is 2. The predicted octanol–water partition coefficient (Wildman–Crippen LogP) is 7.95. The second-order valence-corrected chi connectivity index (χ2v) is 7.79. The lowest BCUT2D eigenvalue weighted by Crippen LogP contribution is -2.54. The summed E-state index contributed by atoms with van der Waals surface area (Å²) < 4.78 is 99.2. The summed E-state index contributed by atoms with van der Waals surface area (Å²) in [4.78, 5) is 12.1. The van der Waals surface area contributed by atoms with E-state index in [-0.39, 0.29) is 5.56 Å². The Labute approximate surface area is 198 Å². The maximum absolute atomic E-state index is 13.4. The van der Waals surface area contributed by atoms with Crippen LogP contribution < -0.4 is 4.74 Å². The van der Waals surface area contributed by atoms with Crippen molar-refractivity contribution >= 4 is 12.0 Å². The molecule has 0 radical (unpaired) electrons. The Hall–Kier alpha value is -3.04. The smallest absolute Gasteiger partial charge is 0.460 e. The van der Waals surface area contributed by atoms with Crippen molar-refractivity contribution in [3.63, 3.8) is 0 Å². The van der Waals surface area contributed by atoms with E-state index in [9.17, 15) is 35.5 Å². The molecule has 0 N–H and O–H groups in total. The van der Waals surface area contributed by atoms with Crippen molar-refractivity contribution in [1.29, 1.82) is 0 Å². The zero-order chi connectivity index (χ0) is 26.3. The fraction of sp³-hybridized carbons (Fsp3) is 0.400. The van der Waals surface area contributed by atoms with Crippen LogP contribution >= 0.6 is 0 Å². The van der Waals surface area contributed by atoms with Crippen LogP contribution in [0.2, 0.25) is 0 Å². The van der Waals surface area contributed by atoms with E-state index in [2.05, 4.69) is 18.2 Å². The number of hydrogen-bond donors (Lipinski definition) is 0. The normalized spacial score (nSPS) is 12.3. The molecule has 10 heteroatoms. The van der Waals surface area contributed by atoms with Gasteiger partial charge in [-0.3, -0.25) is 0 Å². The first-order valence-electron chi connectivity index (χ1n) is 10.8. The van der Waals surface area contributed by atoms with Crippen LogP contribution in [0.15, 0.2) is 49.0 Å². The summed E-state index contributed by atoms with van der Waals surface area (Å²) >= 11 is 0. The third-order valence-corrected chi connectivity index (χ3v) is 5.14. The number of benzene rings is 2. The van der Waals surface area contributed by atoms with Gasteiger partial charge < -0.3 is 9.47 Å². The lowest BCUT2D eigenvalue weighted by Gasteiger charge is -2.27. The minimum Gasteiger partial charge on any atom is -0.494 e. The van der Waals surface area contributed by atoms with Gasteiger partial charge in [0.2, 0.25) is 0 Å². The monoisotopic (exact) mass is 506 g/mol. The van der Waals surface area contributed by atoms with Gasteiger partial charge in [-0.25, -0.2) is 4.79 Å². The molecule has 0 atom stereocenters. The minimum absolute atomic E-state index is 0.318. The second-order valence-electron chi connectivity index (χ2n) is 7.79. The summed E-state index contributed by atoms with van der Waals surface area (Å²) in [5.41, 5.74) is 1.40. The van der Waals surface area contributed by atoms with Gasteiger partial charge in [0.05, 0.1) is 12.2 Å². The highest BCUT2D eigenvalue weighted by Crippen LogP contribution is 2.46. The third kappa shape index (κ3) is 6.99. The Morgan fingerprint density at radius 1 is 0.943 bits per heavy atom. The lowest BCUT2D eigenvalue weighted by molar-refractivity contribution is -0.359. The summed E-state index contributed by atoms with van der Waals surface area (Å²) in [7, 11) is 0. The van der Waals surface area contributed by atoms with Crippen LogP contribution in [0.5, 0.6) is 5.75 Å². The molecule has 192 valence electrons. The molecule has 0 aliphatic heterocycles. The van der Waals surface area contributed by atoms with Gasteiger partial charge in [-0.2, -0.15) is 30.7 Å². The molecular formula is C25H25F7O3. The Kier molecular flexibility index (Phi) is 9.34. The SMILES string of the molecule is C=Cc1cc(C(=O)OCC(F)(F)C(F)(F)C(F)(F)F)ccc1-c1ccc(OCCCCCC)cc1. The molecule has 0 heterocycles. The molecule has 2 rings (SSSR count). The number of carbonyl (C=O) groups excluding carboxylic acids is 1. The van der Waals surface area contributed by atoms with Crippen LogP contribution in [0.4, 0.5) is 30.7 Å². The molecule has 0 amide bonds. The van der Waals surface area contributed by atoms with Gasteiger partial charge in [0.15, 0.2) is 6.61 Å². The molecule has 0 aliphatic rings. The van der Waals surface area contributed by atoms with Crippen molar-refractivity contribution in [2.75, 3.05) is 13.2 Å². The molecule has 0 saturated heterocycles. The fourth-order valence-electron chi connectivity index (χ4n) is 3.11. The second kappa shape index (κ2) is 11.6. The molecule has 35 heavy (non-hydrogen) atoms. The van der Waals surface area contributed by atoms with Gasteiger partial charge in [0.25, 0.3) is 0 Å². The third-order valence-electron chi connectivity index (χ3n) is 5.14. The number of alkyl halides is 7. The highest BCUT2D eigenvalue weighted by atomic mass is 19.4. The van der Waals surface area contributed by atoms with Crippen LogP contribution in [0.1, 0.15) is 48.5 Å². The summed E-state index contributed by atoms with van der Waals surface area (Å²) in [6.07, 6.45) is -0.856. The highest BCUT2D eigenvalue weighted by molar-refractivity contribution is 5.92. The maximum atomic E-state index is 13.4. The van der Waals surface area contributed by atoms with E-state index >= 15 is 0 Å². The zero-order valence-electron chi connectivity index (χ0n) is 18.9. The molecule has 2 aromatic rings. The quantitative estimate of drug-likeness (QED) is 0.167. The average molecular weight is 506 g/mol. The summed E-state index contributed by atoms with van der Waals surface area (Å²) in [6, 6.07) is 10.9. The standard InChI is InChI=1S/C25H25F7O3/c1-3-5-6-7-14-34-20-11-8-18(9-12-20)21-13-10-19(15-17(21)4-2)22(33)35-16-23(26,27)24(28,29)25(30,31)32/h4,8-13,15H,2-3,5-7,14,16H2,1H3.